The number of carbonyl (C=O) groups is 1. The third kappa shape index (κ3) is 4.76. The van der Waals surface area contributed by atoms with Crippen LogP contribution >= 0.6 is 27.5 Å². The predicted octanol–water partition coefficient (Wildman–Crippen LogP) is 4.11. The van der Waals surface area contributed by atoms with Crippen LogP contribution in [0.3, 0.4) is 0 Å². The summed E-state index contributed by atoms with van der Waals surface area (Å²) in [5.41, 5.74) is 2.25. The summed E-state index contributed by atoms with van der Waals surface area (Å²) >= 11 is 9.19. The molecule has 1 N–H and O–H groups in total. The Hall–Kier alpha value is -1.52. The van der Waals surface area contributed by atoms with E-state index in [-0.39, 0.29) is 12.5 Å². The fourth-order valence-electron chi connectivity index (χ4n) is 1.79. The largest absolute Gasteiger partial charge is 0.483 e. The Balaban J connectivity index is 1.84. The van der Waals surface area contributed by atoms with E-state index in [4.69, 9.17) is 16.3 Å². The van der Waals surface area contributed by atoms with E-state index in [9.17, 15) is 4.79 Å². The van der Waals surface area contributed by atoms with Gasteiger partial charge < -0.3 is 10.1 Å². The lowest BCUT2D eigenvalue weighted by atomic mass is 10.1. The molecule has 2 aromatic rings. The van der Waals surface area contributed by atoms with Crippen LogP contribution in [0, 0.1) is 6.92 Å². The smallest absolute Gasteiger partial charge is 0.258 e. The molecule has 2 rings (SSSR count). The van der Waals surface area contributed by atoms with E-state index < -0.39 is 0 Å². The molecular formula is C16H15BrClNO2. The quantitative estimate of drug-likeness (QED) is 0.862. The van der Waals surface area contributed by atoms with Crippen molar-refractivity contribution in [2.75, 3.05) is 6.61 Å². The molecule has 0 heterocycles. The Morgan fingerprint density at radius 2 is 2.05 bits per heavy atom. The number of halogens is 2. The van der Waals surface area contributed by atoms with Gasteiger partial charge in [0.15, 0.2) is 6.61 Å². The van der Waals surface area contributed by atoms with Gasteiger partial charge >= 0.3 is 0 Å². The van der Waals surface area contributed by atoms with Crippen molar-refractivity contribution in [3.8, 4) is 5.75 Å². The van der Waals surface area contributed by atoms with Crippen LogP contribution in [0.1, 0.15) is 11.1 Å². The van der Waals surface area contributed by atoms with Crippen LogP contribution in [0.2, 0.25) is 5.02 Å². The molecule has 0 aliphatic heterocycles. The van der Waals surface area contributed by atoms with Crippen LogP contribution in [-0.4, -0.2) is 12.5 Å². The molecule has 0 fully saturated rings. The molecule has 0 aromatic heterocycles. The molecule has 2 aromatic carbocycles. The zero-order valence-electron chi connectivity index (χ0n) is 11.5. The monoisotopic (exact) mass is 367 g/mol. The van der Waals surface area contributed by atoms with E-state index in [0.717, 1.165) is 15.6 Å². The Bertz CT molecular complexity index is 646. The van der Waals surface area contributed by atoms with Crippen LogP contribution < -0.4 is 10.1 Å². The molecule has 5 heteroatoms. The van der Waals surface area contributed by atoms with Gasteiger partial charge in [-0.2, -0.15) is 0 Å². The molecule has 0 spiro atoms. The molecule has 0 atom stereocenters. The zero-order valence-corrected chi connectivity index (χ0v) is 13.9. The topological polar surface area (TPSA) is 38.3 Å². The molecule has 0 saturated carbocycles. The molecule has 21 heavy (non-hydrogen) atoms. The third-order valence-electron chi connectivity index (χ3n) is 2.99. The zero-order chi connectivity index (χ0) is 15.2. The van der Waals surface area contributed by atoms with Gasteiger partial charge in [0.2, 0.25) is 0 Å². The first-order valence-electron chi connectivity index (χ1n) is 6.45. The lowest BCUT2D eigenvalue weighted by Crippen LogP contribution is -2.28. The number of ether oxygens (including phenoxy) is 1. The van der Waals surface area contributed by atoms with Crippen molar-refractivity contribution < 1.29 is 9.53 Å². The maximum atomic E-state index is 11.8. The van der Waals surface area contributed by atoms with Gasteiger partial charge in [-0.05, 0) is 52.2 Å². The van der Waals surface area contributed by atoms with Gasteiger partial charge in [0.25, 0.3) is 5.91 Å². The average Bonchev–Trinajstić information content (AvgIpc) is 2.45. The molecule has 1 amide bonds. The second kappa shape index (κ2) is 7.48. The number of benzene rings is 2. The molecule has 3 nitrogen and oxygen atoms in total. The van der Waals surface area contributed by atoms with Crippen molar-refractivity contribution in [3.05, 3.63) is 63.1 Å². The van der Waals surface area contributed by atoms with Crippen LogP contribution in [0.15, 0.2) is 46.9 Å². The number of aryl methyl sites for hydroxylation is 1. The summed E-state index contributed by atoms with van der Waals surface area (Å²) < 4.78 is 6.18. The first-order valence-corrected chi connectivity index (χ1v) is 7.62. The molecular weight excluding hydrogens is 354 g/mol. The predicted molar refractivity (Wildman–Crippen MR) is 87.7 cm³/mol. The highest BCUT2D eigenvalue weighted by Crippen LogP contribution is 2.27. The summed E-state index contributed by atoms with van der Waals surface area (Å²) in [5.74, 6) is 0.422. The summed E-state index contributed by atoms with van der Waals surface area (Å²) in [6, 6.07) is 13.1. The van der Waals surface area contributed by atoms with Crippen molar-refractivity contribution in [3.63, 3.8) is 0 Å². The minimum atomic E-state index is -0.167. The number of hydrogen-bond acceptors (Lipinski definition) is 2. The SMILES string of the molecule is Cc1ccccc1CNC(=O)COc1ccc(Cl)cc1Br. The maximum absolute atomic E-state index is 11.8. The second-order valence-electron chi connectivity index (χ2n) is 4.57. The van der Waals surface area contributed by atoms with Crippen molar-refractivity contribution in [1.29, 1.82) is 0 Å². The van der Waals surface area contributed by atoms with Gasteiger partial charge in [0, 0.05) is 11.6 Å². The minimum Gasteiger partial charge on any atom is -0.483 e. The van der Waals surface area contributed by atoms with Crippen LogP contribution in [0.5, 0.6) is 5.75 Å². The summed E-state index contributed by atoms with van der Waals surface area (Å²) in [6.07, 6.45) is 0. The highest BCUT2D eigenvalue weighted by molar-refractivity contribution is 9.10. The first-order chi connectivity index (χ1) is 10.1. The van der Waals surface area contributed by atoms with E-state index in [1.54, 1.807) is 18.2 Å². The van der Waals surface area contributed by atoms with Gasteiger partial charge in [-0.1, -0.05) is 35.9 Å². The van der Waals surface area contributed by atoms with Gasteiger partial charge in [0.1, 0.15) is 5.75 Å². The number of nitrogens with one attached hydrogen (secondary N) is 1. The van der Waals surface area contributed by atoms with E-state index in [2.05, 4.69) is 21.2 Å². The molecule has 0 unspecified atom stereocenters. The lowest BCUT2D eigenvalue weighted by molar-refractivity contribution is -0.123. The summed E-state index contributed by atoms with van der Waals surface area (Å²) in [5, 5.41) is 3.45. The Morgan fingerprint density at radius 1 is 1.29 bits per heavy atom. The fraction of sp³-hybridized carbons (Fsp3) is 0.188. The number of carbonyl (C=O) groups excluding carboxylic acids is 1. The van der Waals surface area contributed by atoms with Gasteiger partial charge in [-0.25, -0.2) is 0 Å². The average molecular weight is 369 g/mol. The second-order valence-corrected chi connectivity index (χ2v) is 5.86. The summed E-state index contributed by atoms with van der Waals surface area (Å²) in [7, 11) is 0. The Labute approximate surface area is 137 Å². The number of hydrogen-bond donors (Lipinski definition) is 1. The molecule has 0 radical (unpaired) electrons. The lowest BCUT2D eigenvalue weighted by Gasteiger charge is -2.10. The standard InChI is InChI=1S/C16H15BrClNO2/c1-11-4-2-3-5-12(11)9-19-16(20)10-21-15-7-6-13(18)8-14(15)17/h2-8H,9-10H2,1H3,(H,19,20). The van der Waals surface area contributed by atoms with E-state index >= 15 is 0 Å². The first kappa shape index (κ1) is 15.9. The highest BCUT2D eigenvalue weighted by atomic mass is 79.9. The Morgan fingerprint density at radius 3 is 2.76 bits per heavy atom. The van der Waals surface area contributed by atoms with E-state index in [1.807, 2.05) is 31.2 Å². The van der Waals surface area contributed by atoms with Crippen molar-refractivity contribution in [2.24, 2.45) is 0 Å². The Kier molecular flexibility index (Phi) is 5.65. The molecule has 110 valence electrons. The molecule has 0 aliphatic carbocycles. The van der Waals surface area contributed by atoms with Crippen LogP contribution in [-0.2, 0) is 11.3 Å². The van der Waals surface area contributed by atoms with E-state index in [1.165, 1.54) is 0 Å². The van der Waals surface area contributed by atoms with Crippen molar-refractivity contribution >= 4 is 33.4 Å². The normalized spacial score (nSPS) is 10.2. The number of rotatable bonds is 5. The summed E-state index contributed by atoms with van der Waals surface area (Å²) in [4.78, 5) is 11.8. The van der Waals surface area contributed by atoms with Crippen LogP contribution in [0.4, 0.5) is 0 Å². The highest BCUT2D eigenvalue weighted by Gasteiger charge is 2.06. The van der Waals surface area contributed by atoms with Gasteiger partial charge in [0.05, 0.1) is 4.47 Å². The number of amides is 1. The van der Waals surface area contributed by atoms with Crippen LogP contribution in [0.25, 0.3) is 0 Å². The van der Waals surface area contributed by atoms with Gasteiger partial charge in [-0.15, -0.1) is 0 Å². The van der Waals surface area contributed by atoms with Crippen molar-refractivity contribution in [2.45, 2.75) is 13.5 Å². The minimum absolute atomic E-state index is 0.0356. The van der Waals surface area contributed by atoms with Crippen molar-refractivity contribution in [1.82, 2.24) is 5.32 Å². The fourth-order valence-corrected chi connectivity index (χ4v) is 2.59. The van der Waals surface area contributed by atoms with E-state index in [0.29, 0.717) is 17.3 Å². The molecule has 0 aliphatic rings. The summed E-state index contributed by atoms with van der Waals surface area (Å²) in [6.45, 7) is 2.48. The molecule has 0 saturated heterocycles. The molecule has 0 bridgehead atoms. The third-order valence-corrected chi connectivity index (χ3v) is 3.84. The maximum Gasteiger partial charge on any atom is 0.258 e. The van der Waals surface area contributed by atoms with Gasteiger partial charge in [-0.3, -0.25) is 4.79 Å².